The van der Waals surface area contributed by atoms with Gasteiger partial charge in [-0.25, -0.2) is 0 Å². The number of primary amides is 1. The molecular formula is C63H91N15O11S. The minimum absolute atomic E-state index is 0.00815. The minimum atomic E-state index is -1.40. The number of aliphatic carboxylic acids is 1. The van der Waals surface area contributed by atoms with E-state index in [0.717, 1.165) is 17.8 Å². The predicted molar refractivity (Wildman–Crippen MR) is 344 cm³/mol. The van der Waals surface area contributed by atoms with Crippen molar-refractivity contribution in [3.8, 4) is 0 Å². The fourth-order valence-electron chi connectivity index (χ4n) is 10.9. The van der Waals surface area contributed by atoms with E-state index in [-0.39, 0.29) is 69.4 Å². The molecule has 3 heterocycles. The third-order valence-corrected chi connectivity index (χ3v) is 16.2. The number of rotatable bonds is 33. The Kier molecular flexibility index (Phi) is 29.5. The lowest BCUT2D eigenvalue weighted by Crippen LogP contribution is -2.61. The Bertz CT molecular complexity index is 3070. The molecule has 9 amide bonds. The first-order chi connectivity index (χ1) is 43.0. The zero-order valence-electron chi connectivity index (χ0n) is 51.8. The molecule has 2 aliphatic rings. The average molecular weight is 1270 g/mol. The Morgan fingerprint density at radius 2 is 1.10 bits per heavy atom. The molecule has 6 rings (SSSR count). The van der Waals surface area contributed by atoms with E-state index in [9.17, 15) is 33.6 Å². The third kappa shape index (κ3) is 22.5. The van der Waals surface area contributed by atoms with Crippen LogP contribution in [0.2, 0.25) is 0 Å². The highest BCUT2D eigenvalue weighted by Gasteiger charge is 2.41. The maximum atomic E-state index is 15.2. The number of aliphatic imine (C=N–C) groups is 1. The monoisotopic (exact) mass is 1270 g/mol. The highest BCUT2D eigenvalue weighted by atomic mass is 32.2. The molecule has 0 unspecified atom stereocenters. The molecular weight excluding hydrogens is 1170 g/mol. The first kappa shape index (κ1) is 72.2. The topological polar surface area (TPSA) is 428 Å². The van der Waals surface area contributed by atoms with E-state index in [1.54, 1.807) is 86.4 Å². The molecule has 2 aliphatic heterocycles. The van der Waals surface area contributed by atoms with Crippen molar-refractivity contribution in [1.29, 1.82) is 0 Å². The third-order valence-electron chi connectivity index (χ3n) is 15.6. The number of amides is 9. The van der Waals surface area contributed by atoms with Crippen molar-refractivity contribution in [2.75, 3.05) is 38.2 Å². The number of nitrogens with two attached hydrogens (primary N) is 5. The standard InChI is InChI=1S/C61H87N15O9S.C2H4O2/c1-37(2)51(52(64)77)74-58(83)50-26-16-31-76(50)60(85)45(23-12-13-28-62)70-55(80)46(33-38-17-6-4-7-18-38)71-56(81)48(35-40-36-68-43-22-11-10-21-41(40)43)72-53(78)44(24-14-29-67-61(65)66)69-54(79)47(34-39-19-8-5-9-20-39)73-57(82)49-25-15-30-75(49)59(84)42(63)27-32-86-3;1-2(3)4/h4-11,17-22,36-37,42,44-51,68H,12-16,23-35,62-63H2,1-3H3,(H2,64,77)(H,69,79)(H,70,80)(H,71,81)(H,72,78)(H,73,82)(H,74,83)(H4,65,66,67);1H3,(H,3,4)/t42-,44-,45-,46-,47-,48-,49-,50-,51-;/m0./s1. The van der Waals surface area contributed by atoms with Crippen LogP contribution < -0.4 is 60.6 Å². The van der Waals surface area contributed by atoms with Crippen LogP contribution in [0.1, 0.15) is 102 Å². The summed E-state index contributed by atoms with van der Waals surface area (Å²) in [4.78, 5) is 148. The molecule has 27 heteroatoms. The van der Waals surface area contributed by atoms with E-state index >= 15 is 9.59 Å². The number of carbonyl (C=O) groups excluding carboxylic acids is 9. The van der Waals surface area contributed by atoms with Gasteiger partial charge in [-0.15, -0.1) is 0 Å². The summed E-state index contributed by atoms with van der Waals surface area (Å²) >= 11 is 1.56. The van der Waals surface area contributed by atoms with Gasteiger partial charge >= 0.3 is 0 Å². The molecule has 0 saturated carbocycles. The zero-order valence-corrected chi connectivity index (χ0v) is 52.6. The van der Waals surface area contributed by atoms with Gasteiger partial charge in [0.05, 0.1) is 6.04 Å². The summed E-state index contributed by atoms with van der Waals surface area (Å²) < 4.78 is 0. The number of hydrogen-bond donors (Lipinski definition) is 13. The molecule has 4 aromatic rings. The van der Waals surface area contributed by atoms with Gasteiger partial charge in [0.2, 0.25) is 53.2 Å². The largest absolute Gasteiger partial charge is 0.481 e. The van der Waals surface area contributed by atoms with Gasteiger partial charge in [-0.05, 0) is 111 Å². The van der Waals surface area contributed by atoms with Crippen LogP contribution >= 0.6 is 11.8 Å². The molecule has 0 aliphatic carbocycles. The van der Waals surface area contributed by atoms with Gasteiger partial charge in [0.15, 0.2) is 5.96 Å². The summed E-state index contributed by atoms with van der Waals surface area (Å²) in [6.07, 6.45) is 6.83. The van der Waals surface area contributed by atoms with Crippen molar-refractivity contribution in [3.63, 3.8) is 0 Å². The summed E-state index contributed by atoms with van der Waals surface area (Å²) in [6.45, 7) is 5.47. The maximum absolute atomic E-state index is 15.2. The number of H-pyrrole nitrogens is 1. The summed E-state index contributed by atoms with van der Waals surface area (Å²) in [7, 11) is 0. The molecule has 9 atom stereocenters. The predicted octanol–water partition coefficient (Wildman–Crippen LogP) is 0.582. The summed E-state index contributed by atoms with van der Waals surface area (Å²) in [5.41, 5.74) is 31.9. The van der Waals surface area contributed by atoms with E-state index in [1.165, 1.54) is 9.80 Å². The Labute approximate surface area is 529 Å². The number of hydrogen-bond acceptors (Lipinski definition) is 14. The van der Waals surface area contributed by atoms with Crippen LogP contribution in [-0.2, 0) is 67.2 Å². The number of fused-ring (bicyclic) bond motifs is 1. The van der Waals surface area contributed by atoms with Crippen LogP contribution in [0.3, 0.4) is 0 Å². The fraction of sp³-hybridized carbons (Fsp3) is 0.508. The number of unbranched alkanes of at least 4 members (excludes halogenated alkanes) is 1. The lowest BCUT2D eigenvalue weighted by atomic mass is 10.00. The number of likely N-dealkylation sites (tertiary alicyclic amines) is 2. The lowest BCUT2D eigenvalue weighted by Gasteiger charge is -2.31. The normalized spacial score (nSPS) is 16.8. The zero-order chi connectivity index (χ0) is 65.9. The van der Waals surface area contributed by atoms with Crippen molar-refractivity contribution >= 4 is 87.8 Å². The van der Waals surface area contributed by atoms with Crippen LogP contribution in [0.25, 0.3) is 10.9 Å². The van der Waals surface area contributed by atoms with Gasteiger partial charge in [-0.2, -0.15) is 11.8 Å². The second-order valence-electron chi connectivity index (χ2n) is 22.9. The Hall–Kier alpha value is -8.56. The number of benzene rings is 3. The molecule has 90 heavy (non-hydrogen) atoms. The molecule has 490 valence electrons. The maximum Gasteiger partial charge on any atom is 0.300 e. The van der Waals surface area contributed by atoms with Crippen molar-refractivity contribution in [3.05, 3.63) is 108 Å². The van der Waals surface area contributed by atoms with E-state index in [4.69, 9.17) is 38.6 Å². The van der Waals surface area contributed by atoms with Crippen molar-refractivity contribution in [1.82, 2.24) is 46.7 Å². The number of aromatic amines is 1. The van der Waals surface area contributed by atoms with Crippen LogP contribution in [-0.4, -0.2) is 178 Å². The first-order valence-electron chi connectivity index (χ1n) is 30.6. The van der Waals surface area contributed by atoms with Gasteiger partial charge in [0.25, 0.3) is 5.97 Å². The molecule has 0 bridgehead atoms. The number of nitrogens with zero attached hydrogens (tertiary/aromatic N) is 3. The molecule has 3 aromatic carbocycles. The molecule has 0 spiro atoms. The van der Waals surface area contributed by atoms with Crippen molar-refractivity contribution in [2.24, 2.45) is 39.6 Å². The van der Waals surface area contributed by atoms with Crippen LogP contribution in [0.5, 0.6) is 0 Å². The highest BCUT2D eigenvalue weighted by Crippen LogP contribution is 2.24. The number of carboxylic acids is 1. The number of para-hydroxylation sites is 1. The Balaban J connectivity index is 0.00000357. The molecule has 2 fully saturated rings. The van der Waals surface area contributed by atoms with Gasteiger partial charge < -0.3 is 80.5 Å². The Morgan fingerprint density at radius 1 is 0.622 bits per heavy atom. The molecule has 26 nitrogen and oxygen atoms in total. The second-order valence-corrected chi connectivity index (χ2v) is 23.9. The smallest absolute Gasteiger partial charge is 0.300 e. The number of nitrogens with one attached hydrogen (secondary N) is 7. The SMILES string of the molecule is CC(=O)O.CSCC[C@H](N)C(=O)N1CCC[C@H]1C(=O)N[C@@H](Cc1ccccc1)C(=O)N[C@@H](CCCN=C(N)N)C(=O)N[C@@H](Cc1c[nH]c2ccccc12)C(=O)N[C@@H](Cc1ccccc1)C(=O)N[C@@H](CCCCN)C(=O)N1CCC[C@H]1C(=O)N[C@H](C(N)=O)C(C)C. The second kappa shape index (κ2) is 36.8. The van der Waals surface area contributed by atoms with Crippen LogP contribution in [0.15, 0.2) is 96.1 Å². The summed E-state index contributed by atoms with van der Waals surface area (Å²) in [5.74, 6) is -6.40. The van der Waals surface area contributed by atoms with Gasteiger partial charge in [-0.3, -0.25) is 52.9 Å². The average Bonchev–Trinajstić information content (AvgIpc) is 1.85. The number of carboxylic acid groups (broad SMARTS) is 1. The van der Waals surface area contributed by atoms with Crippen LogP contribution in [0, 0.1) is 5.92 Å². The van der Waals surface area contributed by atoms with Crippen molar-refractivity contribution in [2.45, 2.75) is 159 Å². The molecule has 1 aromatic heterocycles. The fourth-order valence-corrected chi connectivity index (χ4v) is 11.4. The number of thioether (sulfide) groups is 1. The molecule has 2 saturated heterocycles. The molecule has 18 N–H and O–H groups in total. The molecule has 0 radical (unpaired) electrons. The number of guanidine groups is 1. The van der Waals surface area contributed by atoms with E-state index in [0.29, 0.717) is 80.5 Å². The van der Waals surface area contributed by atoms with E-state index < -0.39 is 108 Å². The first-order valence-corrected chi connectivity index (χ1v) is 32.0. The van der Waals surface area contributed by atoms with Crippen LogP contribution in [0.4, 0.5) is 0 Å². The van der Waals surface area contributed by atoms with Gasteiger partial charge in [0.1, 0.15) is 48.3 Å². The van der Waals surface area contributed by atoms with E-state index in [1.807, 2.05) is 36.6 Å². The minimum Gasteiger partial charge on any atom is -0.481 e. The lowest BCUT2D eigenvalue weighted by molar-refractivity contribution is -0.142. The quantitative estimate of drug-likeness (QED) is 0.0176. The van der Waals surface area contributed by atoms with E-state index in [2.05, 4.69) is 41.9 Å². The number of aromatic nitrogens is 1. The van der Waals surface area contributed by atoms with Crippen molar-refractivity contribution < 1.29 is 53.1 Å². The summed E-state index contributed by atoms with van der Waals surface area (Å²) in [5, 5.41) is 25.3. The van der Waals surface area contributed by atoms with Gasteiger partial charge in [0, 0.05) is 62.9 Å². The number of carbonyl (C=O) groups is 10. The Morgan fingerprint density at radius 3 is 1.63 bits per heavy atom. The summed E-state index contributed by atoms with van der Waals surface area (Å²) in [6, 6.07) is 15.1. The van der Waals surface area contributed by atoms with Gasteiger partial charge in [-0.1, -0.05) is 92.7 Å². The highest BCUT2D eigenvalue weighted by molar-refractivity contribution is 7.98.